The minimum absolute atomic E-state index is 0.0246. The normalized spacial score (nSPS) is 14.0. The molecule has 0 spiro atoms. The molecule has 0 unspecified atom stereocenters. The van der Waals surface area contributed by atoms with Gasteiger partial charge in [-0.3, -0.25) is 9.89 Å². The molecule has 2 aromatic carbocycles. The molecule has 8 heteroatoms. The second-order valence-corrected chi connectivity index (χ2v) is 8.52. The summed E-state index contributed by atoms with van der Waals surface area (Å²) in [5.41, 5.74) is 2.95. The fourth-order valence-corrected chi connectivity index (χ4v) is 4.31. The fourth-order valence-electron chi connectivity index (χ4n) is 4.31. The van der Waals surface area contributed by atoms with Gasteiger partial charge in [0.15, 0.2) is 17.3 Å². The molecule has 186 valence electrons. The van der Waals surface area contributed by atoms with E-state index in [0.717, 1.165) is 54.3 Å². The standard InChI is InChI=1S/C27H34N4O4/c1-4-34-24-11-6-19(16-25(24)35-5-2)17-27(32)28-21-12-14-31(15-13-21)26-18-23(29-30-26)20-7-9-22(33-3)10-8-20/h6-11,16,18,21H,4-5,12-15,17H2,1-3H3,(H,28,32)(H,29,30). The van der Waals surface area contributed by atoms with Gasteiger partial charge in [-0.2, -0.15) is 5.10 Å². The first kappa shape index (κ1) is 24.4. The molecule has 8 nitrogen and oxygen atoms in total. The number of anilines is 1. The van der Waals surface area contributed by atoms with Crippen molar-refractivity contribution in [3.63, 3.8) is 0 Å². The highest BCUT2D eigenvalue weighted by Gasteiger charge is 2.23. The van der Waals surface area contributed by atoms with Crippen molar-refractivity contribution in [3.8, 4) is 28.5 Å². The molecule has 3 aromatic rings. The summed E-state index contributed by atoms with van der Waals surface area (Å²) in [6, 6.07) is 15.8. The van der Waals surface area contributed by atoms with Crippen LogP contribution in [0.5, 0.6) is 17.2 Å². The number of ether oxygens (including phenoxy) is 3. The van der Waals surface area contributed by atoms with Gasteiger partial charge in [0.05, 0.1) is 32.4 Å². The number of nitrogens with one attached hydrogen (secondary N) is 2. The molecule has 1 fully saturated rings. The first-order valence-electron chi connectivity index (χ1n) is 12.2. The topological polar surface area (TPSA) is 88.7 Å². The van der Waals surface area contributed by atoms with Crippen molar-refractivity contribution >= 4 is 11.7 Å². The number of nitrogens with zero attached hydrogens (tertiary/aromatic N) is 2. The molecule has 1 saturated heterocycles. The van der Waals surface area contributed by atoms with E-state index in [9.17, 15) is 4.79 Å². The Morgan fingerprint density at radius 2 is 1.74 bits per heavy atom. The number of piperidine rings is 1. The molecule has 2 N–H and O–H groups in total. The highest BCUT2D eigenvalue weighted by Crippen LogP contribution is 2.29. The smallest absolute Gasteiger partial charge is 0.224 e. The van der Waals surface area contributed by atoms with Gasteiger partial charge in [-0.15, -0.1) is 0 Å². The lowest BCUT2D eigenvalue weighted by atomic mass is 10.0. The lowest BCUT2D eigenvalue weighted by Crippen LogP contribution is -2.45. The van der Waals surface area contributed by atoms with Crippen LogP contribution in [0.2, 0.25) is 0 Å². The zero-order valence-electron chi connectivity index (χ0n) is 20.7. The number of benzene rings is 2. The highest BCUT2D eigenvalue weighted by molar-refractivity contribution is 5.79. The molecular formula is C27H34N4O4. The molecule has 1 aliphatic rings. The van der Waals surface area contributed by atoms with Gasteiger partial charge in [0.25, 0.3) is 0 Å². The van der Waals surface area contributed by atoms with Crippen LogP contribution >= 0.6 is 0 Å². The zero-order valence-corrected chi connectivity index (χ0v) is 20.7. The summed E-state index contributed by atoms with van der Waals surface area (Å²) in [5, 5.41) is 10.8. The average molecular weight is 479 g/mol. The number of H-pyrrole nitrogens is 1. The zero-order chi connectivity index (χ0) is 24.6. The van der Waals surface area contributed by atoms with Crippen LogP contribution in [0.25, 0.3) is 11.3 Å². The fraction of sp³-hybridized carbons (Fsp3) is 0.407. The Kier molecular flexibility index (Phi) is 8.13. The van der Waals surface area contributed by atoms with E-state index in [1.54, 1.807) is 7.11 Å². The van der Waals surface area contributed by atoms with Gasteiger partial charge >= 0.3 is 0 Å². The second-order valence-electron chi connectivity index (χ2n) is 8.52. The lowest BCUT2D eigenvalue weighted by Gasteiger charge is -2.32. The van der Waals surface area contributed by atoms with Crippen LogP contribution in [0.4, 0.5) is 5.82 Å². The van der Waals surface area contributed by atoms with E-state index in [1.165, 1.54) is 0 Å². The molecule has 0 bridgehead atoms. The van der Waals surface area contributed by atoms with Crippen LogP contribution in [0.3, 0.4) is 0 Å². The largest absolute Gasteiger partial charge is 0.497 e. The van der Waals surface area contributed by atoms with Crippen LogP contribution in [0.15, 0.2) is 48.5 Å². The minimum Gasteiger partial charge on any atom is -0.497 e. The van der Waals surface area contributed by atoms with Gasteiger partial charge in [0.2, 0.25) is 5.91 Å². The monoisotopic (exact) mass is 478 g/mol. The first-order chi connectivity index (χ1) is 17.1. The maximum atomic E-state index is 12.7. The Hall–Kier alpha value is -3.68. The van der Waals surface area contributed by atoms with Crippen molar-refractivity contribution in [2.45, 2.75) is 39.2 Å². The van der Waals surface area contributed by atoms with Gasteiger partial charge < -0.3 is 24.4 Å². The van der Waals surface area contributed by atoms with Crippen molar-refractivity contribution < 1.29 is 19.0 Å². The van der Waals surface area contributed by atoms with Gasteiger partial charge in [0.1, 0.15) is 5.75 Å². The molecule has 1 aromatic heterocycles. The van der Waals surface area contributed by atoms with Crippen LogP contribution in [0, 0.1) is 0 Å². The van der Waals surface area contributed by atoms with E-state index in [0.29, 0.717) is 31.1 Å². The Bertz CT molecular complexity index is 1100. The molecule has 1 aliphatic heterocycles. The molecule has 2 heterocycles. The van der Waals surface area contributed by atoms with Crippen molar-refractivity contribution in [3.05, 3.63) is 54.1 Å². The Labute approximate surface area is 206 Å². The number of aromatic amines is 1. The molecule has 0 radical (unpaired) electrons. The summed E-state index contributed by atoms with van der Waals surface area (Å²) in [6.07, 6.45) is 2.07. The molecule has 0 aliphatic carbocycles. The van der Waals surface area contributed by atoms with Gasteiger partial charge in [0, 0.05) is 25.2 Å². The van der Waals surface area contributed by atoms with E-state index in [-0.39, 0.29) is 11.9 Å². The van der Waals surface area contributed by atoms with Crippen molar-refractivity contribution in [2.24, 2.45) is 0 Å². The third-order valence-corrected chi connectivity index (χ3v) is 6.12. The summed E-state index contributed by atoms with van der Waals surface area (Å²) >= 11 is 0. The number of aromatic nitrogens is 2. The molecule has 0 saturated carbocycles. The highest BCUT2D eigenvalue weighted by atomic mass is 16.5. The van der Waals surface area contributed by atoms with Crippen LogP contribution in [-0.4, -0.2) is 55.6 Å². The number of hydrogen-bond acceptors (Lipinski definition) is 6. The van der Waals surface area contributed by atoms with E-state index in [1.807, 2.05) is 56.3 Å². The van der Waals surface area contributed by atoms with E-state index >= 15 is 0 Å². The van der Waals surface area contributed by atoms with E-state index in [2.05, 4.69) is 26.5 Å². The molecule has 1 amide bonds. The summed E-state index contributed by atoms with van der Waals surface area (Å²) in [6.45, 7) is 6.68. The number of methoxy groups -OCH3 is 1. The van der Waals surface area contributed by atoms with Crippen molar-refractivity contribution in [1.29, 1.82) is 0 Å². The van der Waals surface area contributed by atoms with Crippen LogP contribution < -0.4 is 24.4 Å². The molecular weight excluding hydrogens is 444 g/mol. The summed E-state index contributed by atoms with van der Waals surface area (Å²) in [7, 11) is 1.66. The summed E-state index contributed by atoms with van der Waals surface area (Å²) < 4.78 is 16.5. The third kappa shape index (κ3) is 6.26. The summed E-state index contributed by atoms with van der Waals surface area (Å²) in [4.78, 5) is 15.0. The Balaban J connectivity index is 1.28. The Morgan fingerprint density at radius 1 is 1.03 bits per heavy atom. The maximum absolute atomic E-state index is 12.7. The van der Waals surface area contributed by atoms with Crippen molar-refractivity contribution in [2.75, 3.05) is 38.3 Å². The SMILES string of the molecule is CCOc1ccc(CC(=O)NC2CCN(c3cc(-c4ccc(OC)cc4)[nH]n3)CC2)cc1OCC. The predicted molar refractivity (Wildman–Crippen MR) is 136 cm³/mol. The van der Waals surface area contributed by atoms with Crippen LogP contribution in [-0.2, 0) is 11.2 Å². The lowest BCUT2D eigenvalue weighted by molar-refractivity contribution is -0.121. The van der Waals surface area contributed by atoms with Crippen molar-refractivity contribution in [1.82, 2.24) is 15.5 Å². The van der Waals surface area contributed by atoms with E-state index < -0.39 is 0 Å². The average Bonchev–Trinajstić information content (AvgIpc) is 3.37. The number of rotatable bonds is 10. The number of hydrogen-bond donors (Lipinski definition) is 2. The maximum Gasteiger partial charge on any atom is 0.224 e. The van der Waals surface area contributed by atoms with E-state index in [4.69, 9.17) is 14.2 Å². The number of carbonyl (C=O) groups is 1. The first-order valence-corrected chi connectivity index (χ1v) is 12.2. The molecule has 4 rings (SSSR count). The van der Waals surface area contributed by atoms with Gasteiger partial charge in [-0.05, 0) is 74.2 Å². The van der Waals surface area contributed by atoms with Gasteiger partial charge in [-0.1, -0.05) is 6.07 Å². The minimum atomic E-state index is 0.0246. The Morgan fingerprint density at radius 3 is 2.43 bits per heavy atom. The number of carbonyl (C=O) groups excluding carboxylic acids is 1. The second kappa shape index (κ2) is 11.6. The predicted octanol–water partition coefficient (Wildman–Crippen LogP) is 4.21. The van der Waals surface area contributed by atoms with Crippen LogP contribution in [0.1, 0.15) is 32.3 Å². The number of amides is 1. The van der Waals surface area contributed by atoms with Gasteiger partial charge in [-0.25, -0.2) is 0 Å². The third-order valence-electron chi connectivity index (χ3n) is 6.12. The summed E-state index contributed by atoms with van der Waals surface area (Å²) in [5.74, 6) is 3.17. The molecule has 0 atom stereocenters. The molecule has 35 heavy (non-hydrogen) atoms. The quantitative estimate of drug-likeness (QED) is 0.454.